The third kappa shape index (κ3) is 9.29. The molecule has 1 N–H and O–H groups in total. The molecule has 0 radical (unpaired) electrons. The molecule has 0 bridgehead atoms. The first-order chi connectivity index (χ1) is 9.29. The fourth-order valence-corrected chi connectivity index (χ4v) is 2.31. The molecule has 2 heteroatoms. The summed E-state index contributed by atoms with van der Waals surface area (Å²) in [5.41, 5.74) is 1.44. The predicted octanol–water partition coefficient (Wildman–Crippen LogP) is 4.82. The van der Waals surface area contributed by atoms with E-state index in [4.69, 9.17) is 5.11 Å². The van der Waals surface area contributed by atoms with Gasteiger partial charge in [-0.05, 0) is 24.8 Å². The molecule has 1 rings (SSSR count). The molecule has 0 saturated carbocycles. The largest absolute Gasteiger partial charge is 0.481 e. The Morgan fingerprint density at radius 2 is 1.32 bits per heavy atom. The quantitative estimate of drug-likeness (QED) is 0.580. The molecule has 0 fully saturated rings. The zero-order valence-electron chi connectivity index (χ0n) is 11.8. The van der Waals surface area contributed by atoms with Crippen LogP contribution in [0.3, 0.4) is 0 Å². The van der Waals surface area contributed by atoms with Crippen molar-refractivity contribution in [2.75, 3.05) is 0 Å². The second-order valence-corrected chi connectivity index (χ2v) is 5.21. The highest BCUT2D eigenvalue weighted by molar-refractivity contribution is 5.66. The number of hydrogen-bond acceptors (Lipinski definition) is 1. The Kier molecular flexibility index (Phi) is 8.78. The van der Waals surface area contributed by atoms with Gasteiger partial charge >= 0.3 is 5.97 Å². The molecule has 0 saturated heterocycles. The molecular formula is C17H26O2. The predicted molar refractivity (Wildman–Crippen MR) is 79.3 cm³/mol. The summed E-state index contributed by atoms with van der Waals surface area (Å²) >= 11 is 0. The van der Waals surface area contributed by atoms with Crippen molar-refractivity contribution in [1.29, 1.82) is 0 Å². The summed E-state index contributed by atoms with van der Waals surface area (Å²) < 4.78 is 0. The number of benzene rings is 1. The van der Waals surface area contributed by atoms with E-state index in [0.717, 1.165) is 12.8 Å². The SMILES string of the molecule is O=C(O)CCCCCCCCCCc1ccccc1. The Balaban J connectivity index is 1.83. The van der Waals surface area contributed by atoms with Crippen molar-refractivity contribution < 1.29 is 9.90 Å². The molecule has 0 atom stereocenters. The smallest absolute Gasteiger partial charge is 0.303 e. The van der Waals surface area contributed by atoms with Crippen molar-refractivity contribution in [2.45, 2.75) is 64.2 Å². The molecule has 0 heterocycles. The molecule has 1 aromatic carbocycles. The standard InChI is InChI=1S/C17H26O2/c18-17(19)15-11-6-4-2-1-3-5-8-12-16-13-9-7-10-14-16/h7,9-10,13-14H,1-6,8,11-12,15H2,(H,18,19). The van der Waals surface area contributed by atoms with Crippen LogP contribution in [0, 0.1) is 0 Å². The van der Waals surface area contributed by atoms with Gasteiger partial charge in [0.2, 0.25) is 0 Å². The maximum absolute atomic E-state index is 10.3. The third-order valence-corrected chi connectivity index (χ3v) is 3.45. The molecule has 2 nitrogen and oxygen atoms in total. The number of carboxylic acids is 1. The first-order valence-electron chi connectivity index (χ1n) is 7.55. The first kappa shape index (κ1) is 15.7. The molecule has 106 valence electrons. The highest BCUT2D eigenvalue weighted by Crippen LogP contribution is 2.11. The van der Waals surface area contributed by atoms with Gasteiger partial charge in [0, 0.05) is 6.42 Å². The van der Waals surface area contributed by atoms with Crippen molar-refractivity contribution in [3.05, 3.63) is 35.9 Å². The average molecular weight is 262 g/mol. The topological polar surface area (TPSA) is 37.3 Å². The average Bonchev–Trinajstić information content (AvgIpc) is 2.42. The number of unbranched alkanes of at least 4 members (excludes halogenated alkanes) is 7. The molecule has 0 aliphatic rings. The summed E-state index contributed by atoms with van der Waals surface area (Å²) in [4.78, 5) is 10.3. The van der Waals surface area contributed by atoms with Crippen molar-refractivity contribution in [3.63, 3.8) is 0 Å². The van der Waals surface area contributed by atoms with Crippen LogP contribution in [0.15, 0.2) is 30.3 Å². The minimum absolute atomic E-state index is 0.330. The van der Waals surface area contributed by atoms with Gasteiger partial charge in [-0.25, -0.2) is 0 Å². The molecule has 0 unspecified atom stereocenters. The molecular weight excluding hydrogens is 236 g/mol. The van der Waals surface area contributed by atoms with Gasteiger partial charge < -0.3 is 5.11 Å². The van der Waals surface area contributed by atoms with Crippen LogP contribution in [0.1, 0.15) is 63.4 Å². The van der Waals surface area contributed by atoms with Crippen LogP contribution < -0.4 is 0 Å². The number of carboxylic acid groups (broad SMARTS) is 1. The molecule has 0 aromatic heterocycles. The van der Waals surface area contributed by atoms with Crippen LogP contribution in [0.2, 0.25) is 0 Å². The van der Waals surface area contributed by atoms with E-state index in [1.807, 2.05) is 0 Å². The lowest BCUT2D eigenvalue weighted by atomic mass is 10.0. The number of hydrogen-bond donors (Lipinski definition) is 1. The monoisotopic (exact) mass is 262 g/mol. The zero-order valence-corrected chi connectivity index (χ0v) is 11.8. The molecule has 0 spiro atoms. The van der Waals surface area contributed by atoms with Gasteiger partial charge in [0.05, 0.1) is 0 Å². The highest BCUT2D eigenvalue weighted by Gasteiger charge is 1.97. The Bertz CT molecular complexity index is 332. The Morgan fingerprint density at radius 1 is 0.789 bits per heavy atom. The van der Waals surface area contributed by atoms with Gasteiger partial charge in [-0.3, -0.25) is 4.79 Å². The minimum Gasteiger partial charge on any atom is -0.481 e. The van der Waals surface area contributed by atoms with Crippen LogP contribution in [0.4, 0.5) is 0 Å². The van der Waals surface area contributed by atoms with Gasteiger partial charge in [0.25, 0.3) is 0 Å². The minimum atomic E-state index is -0.666. The van der Waals surface area contributed by atoms with E-state index in [-0.39, 0.29) is 0 Å². The molecule has 19 heavy (non-hydrogen) atoms. The first-order valence-corrected chi connectivity index (χ1v) is 7.55. The summed E-state index contributed by atoms with van der Waals surface area (Å²) in [5.74, 6) is -0.666. The number of rotatable bonds is 11. The summed E-state index contributed by atoms with van der Waals surface area (Å²) in [7, 11) is 0. The van der Waals surface area contributed by atoms with Crippen molar-refractivity contribution in [1.82, 2.24) is 0 Å². The van der Waals surface area contributed by atoms with Crippen molar-refractivity contribution >= 4 is 5.97 Å². The summed E-state index contributed by atoms with van der Waals surface area (Å²) in [6.45, 7) is 0. The molecule has 0 aliphatic heterocycles. The summed E-state index contributed by atoms with van der Waals surface area (Å²) in [5, 5.41) is 8.51. The fraction of sp³-hybridized carbons (Fsp3) is 0.588. The normalized spacial score (nSPS) is 10.5. The summed E-state index contributed by atoms with van der Waals surface area (Å²) in [6.07, 6.45) is 11.1. The maximum Gasteiger partial charge on any atom is 0.303 e. The molecule has 0 aliphatic carbocycles. The fourth-order valence-electron chi connectivity index (χ4n) is 2.31. The van der Waals surface area contributed by atoms with Crippen molar-refractivity contribution in [2.24, 2.45) is 0 Å². The van der Waals surface area contributed by atoms with E-state index in [1.165, 1.54) is 50.5 Å². The van der Waals surface area contributed by atoms with E-state index < -0.39 is 5.97 Å². The Labute approximate surface area is 116 Å². The molecule has 1 aromatic rings. The lowest BCUT2D eigenvalue weighted by Gasteiger charge is -2.02. The van der Waals surface area contributed by atoms with E-state index in [9.17, 15) is 4.79 Å². The third-order valence-electron chi connectivity index (χ3n) is 3.45. The lowest BCUT2D eigenvalue weighted by Crippen LogP contribution is -1.93. The zero-order chi connectivity index (χ0) is 13.8. The van der Waals surface area contributed by atoms with Gasteiger partial charge in [-0.15, -0.1) is 0 Å². The van der Waals surface area contributed by atoms with Gasteiger partial charge in [0.15, 0.2) is 0 Å². The van der Waals surface area contributed by atoms with Crippen LogP contribution in [0.5, 0.6) is 0 Å². The highest BCUT2D eigenvalue weighted by atomic mass is 16.4. The van der Waals surface area contributed by atoms with Crippen LogP contribution in [-0.2, 0) is 11.2 Å². The summed E-state index contributed by atoms with van der Waals surface area (Å²) in [6, 6.07) is 10.7. The van der Waals surface area contributed by atoms with Gasteiger partial charge in [-0.1, -0.05) is 68.9 Å². The number of carbonyl (C=O) groups is 1. The van der Waals surface area contributed by atoms with Gasteiger partial charge in [0.1, 0.15) is 0 Å². The second kappa shape index (κ2) is 10.6. The van der Waals surface area contributed by atoms with E-state index >= 15 is 0 Å². The van der Waals surface area contributed by atoms with Crippen LogP contribution >= 0.6 is 0 Å². The van der Waals surface area contributed by atoms with Crippen LogP contribution in [0.25, 0.3) is 0 Å². The number of aryl methyl sites for hydroxylation is 1. The maximum atomic E-state index is 10.3. The molecule has 0 amide bonds. The second-order valence-electron chi connectivity index (χ2n) is 5.21. The lowest BCUT2D eigenvalue weighted by molar-refractivity contribution is -0.137. The van der Waals surface area contributed by atoms with Gasteiger partial charge in [-0.2, -0.15) is 0 Å². The van der Waals surface area contributed by atoms with E-state index in [2.05, 4.69) is 30.3 Å². The van der Waals surface area contributed by atoms with E-state index in [1.54, 1.807) is 0 Å². The Morgan fingerprint density at radius 3 is 1.89 bits per heavy atom. The van der Waals surface area contributed by atoms with E-state index in [0.29, 0.717) is 6.42 Å². The van der Waals surface area contributed by atoms with Crippen LogP contribution in [-0.4, -0.2) is 11.1 Å². The Hall–Kier alpha value is -1.31. The van der Waals surface area contributed by atoms with Crippen molar-refractivity contribution in [3.8, 4) is 0 Å². The number of aliphatic carboxylic acids is 1.